The Kier molecular flexibility index (Phi) is 8.42. The number of aromatic nitrogens is 4. The first kappa shape index (κ1) is 33.8. The van der Waals surface area contributed by atoms with E-state index in [1.54, 1.807) is 31.2 Å². The zero-order valence-electron chi connectivity index (χ0n) is 28.0. The fraction of sp³-hybridized carbons (Fsp3) is 0.263. The molecule has 0 amide bonds. The molecule has 2 unspecified atom stereocenters. The van der Waals surface area contributed by atoms with Gasteiger partial charge in [-0.05, 0) is 98.2 Å². The van der Waals surface area contributed by atoms with Gasteiger partial charge in [0.1, 0.15) is 5.92 Å². The van der Waals surface area contributed by atoms with E-state index in [0.29, 0.717) is 61.5 Å². The molecule has 1 aliphatic carbocycles. The Balaban J connectivity index is 1.79. The smallest absolute Gasteiger partial charge is 0.332 e. The molecule has 6 N–H and O–H groups in total. The summed E-state index contributed by atoms with van der Waals surface area (Å²) in [4.78, 5) is 65.3. The van der Waals surface area contributed by atoms with Crippen molar-refractivity contribution < 1.29 is 39.6 Å². The van der Waals surface area contributed by atoms with Gasteiger partial charge in [0.25, 0.3) is 0 Å². The number of fused-ring (bicyclic) bond motifs is 11. The Hall–Kier alpha value is -6.04. The summed E-state index contributed by atoms with van der Waals surface area (Å²) in [6.07, 6.45) is 4.74. The first-order valence-electron chi connectivity index (χ1n) is 16.1. The maximum atomic E-state index is 12.9. The molecule has 6 rings (SSSR count). The molecule has 0 fully saturated rings. The van der Waals surface area contributed by atoms with Gasteiger partial charge in [0.05, 0.1) is 33.8 Å². The van der Waals surface area contributed by atoms with Crippen LogP contribution in [-0.4, -0.2) is 64.2 Å². The molecule has 256 valence electrons. The van der Waals surface area contributed by atoms with Gasteiger partial charge in [-0.15, -0.1) is 0 Å². The zero-order chi connectivity index (χ0) is 36.2. The molecular formula is C38H36N4O8. The number of carbonyl (C=O) groups is 4. The number of nitrogens with one attached hydrogen (secondary N) is 2. The largest absolute Gasteiger partial charge is 0.481 e. The lowest BCUT2D eigenvalue weighted by atomic mass is 9.64. The highest BCUT2D eigenvalue weighted by Gasteiger charge is 2.53. The average Bonchev–Trinajstić information content (AvgIpc) is 3.69. The summed E-state index contributed by atoms with van der Waals surface area (Å²) in [6, 6.07) is 7.17. The quantitative estimate of drug-likeness (QED) is 0.146. The third kappa shape index (κ3) is 5.52. The summed E-state index contributed by atoms with van der Waals surface area (Å²) >= 11 is 0. The first-order chi connectivity index (χ1) is 23.6. The van der Waals surface area contributed by atoms with Crippen molar-refractivity contribution in [2.24, 2.45) is 5.92 Å². The second-order valence-electron chi connectivity index (χ2n) is 13.0. The maximum Gasteiger partial charge on any atom is 0.332 e. The average molecular weight is 677 g/mol. The number of carboxylic acid groups (broad SMARTS) is 4. The van der Waals surface area contributed by atoms with Gasteiger partial charge in [-0.3, -0.25) is 19.4 Å². The van der Waals surface area contributed by atoms with E-state index in [0.717, 1.165) is 22.3 Å². The highest BCUT2D eigenvalue weighted by Crippen LogP contribution is 2.52. The van der Waals surface area contributed by atoms with Crippen LogP contribution in [-0.2, 0) is 31.0 Å². The van der Waals surface area contributed by atoms with Crippen LogP contribution in [0.15, 0.2) is 48.6 Å². The predicted molar refractivity (Wildman–Crippen MR) is 188 cm³/mol. The molecule has 8 bridgehead atoms. The zero-order valence-corrected chi connectivity index (χ0v) is 28.0. The monoisotopic (exact) mass is 676 g/mol. The molecule has 3 aromatic rings. The molecule has 0 saturated carbocycles. The van der Waals surface area contributed by atoms with E-state index in [1.807, 2.05) is 32.9 Å². The number of aliphatic carboxylic acids is 4. The summed E-state index contributed by atoms with van der Waals surface area (Å²) in [6.45, 7) is 11.3. The van der Waals surface area contributed by atoms with Gasteiger partial charge in [-0.1, -0.05) is 24.8 Å². The first-order valence-corrected chi connectivity index (χ1v) is 16.1. The van der Waals surface area contributed by atoms with Gasteiger partial charge in [-0.25, -0.2) is 9.78 Å². The van der Waals surface area contributed by atoms with Crippen molar-refractivity contribution in [3.63, 3.8) is 0 Å². The van der Waals surface area contributed by atoms with Crippen LogP contribution in [0.3, 0.4) is 0 Å². The van der Waals surface area contributed by atoms with Crippen LogP contribution >= 0.6 is 0 Å². The fourth-order valence-corrected chi connectivity index (χ4v) is 7.38. The van der Waals surface area contributed by atoms with E-state index in [2.05, 4.69) is 16.5 Å². The van der Waals surface area contributed by atoms with Crippen LogP contribution in [0.1, 0.15) is 78.1 Å². The Morgan fingerprint density at radius 2 is 1.42 bits per heavy atom. The number of hydrogen-bond acceptors (Lipinski definition) is 6. The third-order valence-corrected chi connectivity index (χ3v) is 10.1. The minimum absolute atomic E-state index is 0.121. The lowest BCUT2D eigenvalue weighted by Crippen LogP contribution is -2.41. The molecule has 2 atom stereocenters. The van der Waals surface area contributed by atoms with Gasteiger partial charge < -0.3 is 30.4 Å². The number of aromatic amines is 2. The molecule has 2 aliphatic heterocycles. The summed E-state index contributed by atoms with van der Waals surface area (Å²) in [7, 11) is 0. The minimum atomic E-state index is -1.47. The van der Waals surface area contributed by atoms with E-state index >= 15 is 0 Å². The van der Waals surface area contributed by atoms with Crippen LogP contribution < -0.4 is 0 Å². The molecule has 0 aromatic carbocycles. The highest BCUT2D eigenvalue weighted by molar-refractivity contribution is 6.01. The van der Waals surface area contributed by atoms with Gasteiger partial charge in [-0.2, -0.15) is 0 Å². The second kappa shape index (κ2) is 12.4. The molecule has 12 heteroatoms. The molecule has 0 radical (unpaired) electrons. The van der Waals surface area contributed by atoms with Crippen LogP contribution in [0, 0.1) is 19.8 Å². The standard InChI is InChI=1S/C38H36N4O8/c1-6-20-17(2)26-14-31-24-10-7-23(36(47)48)35(37(49)50)38(24,5)32(42-31)16-27-19(4)22(9-12-34(45)46)30(41-27)15-29-21(8-11-33(43)44)18(3)25(40-29)13-28(20)39-26/h6-7,10,13-16,35,39,41H,1,8-9,11-12H2,2-5H3,(H,43,44)(H,45,46)(H,47,48)(H,49,50). The molecule has 5 heterocycles. The number of rotatable bonds is 9. The Labute approximate surface area is 286 Å². The van der Waals surface area contributed by atoms with E-state index < -0.39 is 35.2 Å². The molecule has 12 nitrogen and oxygen atoms in total. The molecule has 0 spiro atoms. The Morgan fingerprint density at radius 3 is 2.06 bits per heavy atom. The third-order valence-electron chi connectivity index (χ3n) is 10.1. The van der Waals surface area contributed by atoms with Crippen molar-refractivity contribution in [2.45, 2.75) is 58.8 Å². The van der Waals surface area contributed by atoms with E-state index in [4.69, 9.17) is 9.97 Å². The summed E-state index contributed by atoms with van der Waals surface area (Å²) in [5.41, 5.74) is 7.83. The van der Waals surface area contributed by atoms with Crippen molar-refractivity contribution in [1.82, 2.24) is 19.9 Å². The lowest BCUT2D eigenvalue weighted by molar-refractivity contribution is -0.145. The van der Waals surface area contributed by atoms with Gasteiger partial charge in [0, 0.05) is 40.5 Å². The van der Waals surface area contributed by atoms with Gasteiger partial charge >= 0.3 is 23.9 Å². The van der Waals surface area contributed by atoms with Crippen molar-refractivity contribution in [1.29, 1.82) is 0 Å². The van der Waals surface area contributed by atoms with Crippen LogP contribution in [0.4, 0.5) is 0 Å². The summed E-state index contributed by atoms with van der Waals surface area (Å²) < 4.78 is 0. The number of H-pyrrole nitrogens is 2. The number of nitrogens with zero attached hydrogens (tertiary/aromatic N) is 2. The van der Waals surface area contributed by atoms with Gasteiger partial charge in [0.2, 0.25) is 0 Å². The molecular weight excluding hydrogens is 640 g/mol. The highest BCUT2D eigenvalue weighted by atomic mass is 16.4. The van der Waals surface area contributed by atoms with Gasteiger partial charge in [0.15, 0.2) is 0 Å². The summed E-state index contributed by atoms with van der Waals surface area (Å²) in [5.74, 6) is -6.08. The number of aryl methyl sites for hydroxylation is 3. The van der Waals surface area contributed by atoms with Crippen molar-refractivity contribution in [3.8, 4) is 0 Å². The minimum Gasteiger partial charge on any atom is -0.481 e. The lowest BCUT2D eigenvalue weighted by Gasteiger charge is -2.35. The Morgan fingerprint density at radius 1 is 0.800 bits per heavy atom. The molecule has 3 aliphatic rings. The van der Waals surface area contributed by atoms with E-state index in [9.17, 15) is 39.6 Å². The summed E-state index contributed by atoms with van der Waals surface area (Å²) in [5, 5.41) is 39.7. The maximum absolute atomic E-state index is 12.9. The number of carboxylic acids is 4. The van der Waals surface area contributed by atoms with Crippen LogP contribution in [0.5, 0.6) is 0 Å². The topological polar surface area (TPSA) is 207 Å². The number of hydrogen-bond donors (Lipinski definition) is 6. The number of allylic oxidation sites excluding steroid dienone is 5. The molecule has 50 heavy (non-hydrogen) atoms. The van der Waals surface area contributed by atoms with Crippen molar-refractivity contribution in [2.75, 3.05) is 0 Å². The van der Waals surface area contributed by atoms with E-state index in [1.165, 1.54) is 6.08 Å². The Bertz CT molecular complexity index is 2320. The predicted octanol–water partition coefficient (Wildman–Crippen LogP) is 6.45. The van der Waals surface area contributed by atoms with E-state index in [-0.39, 0.29) is 31.3 Å². The van der Waals surface area contributed by atoms with Crippen molar-refractivity contribution in [3.05, 3.63) is 93.6 Å². The van der Waals surface area contributed by atoms with Crippen LogP contribution in [0.25, 0.3) is 44.9 Å². The SMILES string of the molecule is C=Cc1c(C)c2cc3nc(cc4[nH]c(cc5nc(cc1[nH]2)C(C)=C5CCC(=O)O)c(CCC(=O)O)c4C)C1(C)C3=CC=C(C(=O)O)C1C(=O)O. The van der Waals surface area contributed by atoms with Crippen LogP contribution in [0.2, 0.25) is 0 Å². The normalized spacial score (nSPS) is 18.3. The molecule has 0 saturated heterocycles. The molecule has 3 aromatic heterocycles. The van der Waals surface area contributed by atoms with Crippen molar-refractivity contribution >= 4 is 68.7 Å². The second-order valence-corrected chi connectivity index (χ2v) is 13.0. The fourth-order valence-electron chi connectivity index (χ4n) is 7.38.